The molecular formula is C10H21NO3. The van der Waals surface area contributed by atoms with Gasteiger partial charge in [0.25, 0.3) is 0 Å². The first-order chi connectivity index (χ1) is 6.28. The Hall–Kier alpha value is -0.610. The first kappa shape index (κ1) is 13.4. The highest BCUT2D eigenvalue weighted by Crippen LogP contribution is 2.11. The fraction of sp³-hybridized carbons (Fsp3) is 0.900. The molecule has 4 nitrogen and oxygen atoms in total. The van der Waals surface area contributed by atoms with E-state index in [-0.39, 0.29) is 11.5 Å². The van der Waals surface area contributed by atoms with E-state index in [1.165, 1.54) is 0 Å². The maximum absolute atomic E-state index is 10.9. The van der Waals surface area contributed by atoms with Crippen molar-refractivity contribution in [2.24, 2.45) is 5.92 Å². The van der Waals surface area contributed by atoms with Crippen molar-refractivity contribution in [2.45, 2.75) is 52.7 Å². The summed E-state index contributed by atoms with van der Waals surface area (Å²) in [5.41, 5.74) is 2.24. The van der Waals surface area contributed by atoms with Crippen LogP contribution in [0.2, 0.25) is 0 Å². The maximum Gasteiger partial charge on any atom is 0.323 e. The molecule has 2 N–H and O–H groups in total. The predicted molar refractivity (Wildman–Crippen MR) is 54.9 cm³/mol. The number of nitrogens with one attached hydrogen (secondary N) is 1. The van der Waals surface area contributed by atoms with Crippen molar-refractivity contribution < 1.29 is 14.7 Å². The lowest BCUT2D eigenvalue weighted by Gasteiger charge is -2.25. The van der Waals surface area contributed by atoms with Gasteiger partial charge in [-0.25, -0.2) is 0 Å². The Labute approximate surface area is 85.6 Å². The van der Waals surface area contributed by atoms with E-state index in [0.717, 1.165) is 6.42 Å². The molecule has 84 valence electrons. The van der Waals surface area contributed by atoms with Crippen molar-refractivity contribution in [1.82, 2.24) is 5.48 Å². The normalized spacial score (nSPS) is 16.4. The average molecular weight is 203 g/mol. The summed E-state index contributed by atoms with van der Waals surface area (Å²) in [7, 11) is 0. The standard InChI is InChI=1S/C10H21NO3/c1-6-7(2)8(9(12)13)11-14-10(3,4)5/h7-8,11H,6H2,1-5H3,(H,12,13)/t7?,8-/m0/s1. The van der Waals surface area contributed by atoms with Gasteiger partial charge in [0.05, 0.1) is 5.60 Å². The molecule has 0 heterocycles. The van der Waals surface area contributed by atoms with Crippen molar-refractivity contribution in [2.75, 3.05) is 0 Å². The van der Waals surface area contributed by atoms with Gasteiger partial charge in [-0.1, -0.05) is 20.3 Å². The number of carboxylic acid groups (broad SMARTS) is 1. The summed E-state index contributed by atoms with van der Waals surface area (Å²) in [5, 5.41) is 8.93. The number of hydrogen-bond acceptors (Lipinski definition) is 3. The monoisotopic (exact) mass is 203 g/mol. The van der Waals surface area contributed by atoms with E-state index in [9.17, 15) is 4.79 Å². The second-order valence-corrected chi connectivity index (χ2v) is 4.53. The molecule has 0 saturated carbocycles. The average Bonchev–Trinajstić information content (AvgIpc) is 2.01. The van der Waals surface area contributed by atoms with Gasteiger partial charge in [0.2, 0.25) is 0 Å². The van der Waals surface area contributed by atoms with Crippen LogP contribution in [0.1, 0.15) is 41.0 Å². The van der Waals surface area contributed by atoms with Crippen molar-refractivity contribution in [1.29, 1.82) is 0 Å². The van der Waals surface area contributed by atoms with Crippen LogP contribution >= 0.6 is 0 Å². The number of hydroxylamine groups is 1. The first-order valence-corrected chi connectivity index (χ1v) is 4.94. The van der Waals surface area contributed by atoms with Crippen LogP contribution in [0.3, 0.4) is 0 Å². The van der Waals surface area contributed by atoms with Crippen molar-refractivity contribution in [3.05, 3.63) is 0 Å². The summed E-state index contributed by atoms with van der Waals surface area (Å²) in [6, 6.07) is -0.640. The number of rotatable bonds is 5. The van der Waals surface area contributed by atoms with Crippen LogP contribution in [0.15, 0.2) is 0 Å². The van der Waals surface area contributed by atoms with Crippen LogP contribution in [0.25, 0.3) is 0 Å². The first-order valence-electron chi connectivity index (χ1n) is 4.94. The summed E-state index contributed by atoms with van der Waals surface area (Å²) in [4.78, 5) is 16.1. The lowest BCUT2D eigenvalue weighted by Crippen LogP contribution is -2.45. The van der Waals surface area contributed by atoms with Crippen LogP contribution < -0.4 is 5.48 Å². The van der Waals surface area contributed by atoms with E-state index in [1.807, 2.05) is 34.6 Å². The molecule has 2 atom stereocenters. The van der Waals surface area contributed by atoms with E-state index in [0.29, 0.717) is 0 Å². The minimum Gasteiger partial charge on any atom is -0.480 e. The van der Waals surface area contributed by atoms with Gasteiger partial charge in [0.1, 0.15) is 6.04 Å². The zero-order chi connectivity index (χ0) is 11.4. The molecule has 0 aliphatic carbocycles. The van der Waals surface area contributed by atoms with E-state index in [1.54, 1.807) is 0 Å². The van der Waals surface area contributed by atoms with Gasteiger partial charge in [-0.05, 0) is 26.7 Å². The third-order valence-corrected chi connectivity index (χ3v) is 1.97. The zero-order valence-electron chi connectivity index (χ0n) is 9.63. The molecule has 0 aromatic rings. The van der Waals surface area contributed by atoms with Crippen LogP contribution in [-0.4, -0.2) is 22.7 Å². The second kappa shape index (κ2) is 5.32. The Balaban J connectivity index is 4.18. The van der Waals surface area contributed by atoms with Gasteiger partial charge >= 0.3 is 5.97 Å². The van der Waals surface area contributed by atoms with E-state index < -0.39 is 12.0 Å². The molecular weight excluding hydrogens is 182 g/mol. The molecule has 0 radical (unpaired) electrons. The maximum atomic E-state index is 10.9. The minimum atomic E-state index is -0.872. The fourth-order valence-corrected chi connectivity index (χ4v) is 0.886. The summed E-state index contributed by atoms with van der Waals surface area (Å²) < 4.78 is 0. The topological polar surface area (TPSA) is 58.6 Å². The quantitative estimate of drug-likeness (QED) is 0.669. The summed E-state index contributed by atoms with van der Waals surface area (Å²) in [5.74, 6) is -0.821. The highest BCUT2D eigenvalue weighted by atomic mass is 16.7. The molecule has 0 spiro atoms. The molecule has 0 rings (SSSR count). The summed E-state index contributed by atoms with van der Waals surface area (Å²) >= 11 is 0. The number of carbonyl (C=O) groups is 1. The molecule has 0 aromatic heterocycles. The Bertz CT molecular complexity index is 186. The molecule has 1 unspecified atom stereocenters. The summed E-state index contributed by atoms with van der Waals surface area (Å²) in [6.07, 6.45) is 0.803. The molecule has 0 saturated heterocycles. The van der Waals surface area contributed by atoms with Gasteiger partial charge < -0.3 is 5.11 Å². The van der Waals surface area contributed by atoms with Gasteiger partial charge in [-0.2, -0.15) is 5.48 Å². The Morgan fingerprint density at radius 2 is 2.00 bits per heavy atom. The molecule has 4 heteroatoms. The second-order valence-electron chi connectivity index (χ2n) is 4.53. The van der Waals surface area contributed by atoms with E-state index >= 15 is 0 Å². The van der Waals surface area contributed by atoms with Crippen molar-refractivity contribution >= 4 is 5.97 Å². The number of hydrogen-bond donors (Lipinski definition) is 2. The minimum absolute atomic E-state index is 0.0508. The van der Waals surface area contributed by atoms with Gasteiger partial charge in [0, 0.05) is 0 Å². The van der Waals surface area contributed by atoms with Gasteiger partial charge in [0.15, 0.2) is 0 Å². The molecule has 0 aliphatic heterocycles. The highest BCUT2D eigenvalue weighted by Gasteiger charge is 2.25. The largest absolute Gasteiger partial charge is 0.480 e. The molecule has 0 fully saturated rings. The zero-order valence-corrected chi connectivity index (χ0v) is 9.63. The molecule has 0 aliphatic rings. The van der Waals surface area contributed by atoms with Crippen molar-refractivity contribution in [3.8, 4) is 0 Å². The van der Waals surface area contributed by atoms with Crippen LogP contribution in [-0.2, 0) is 9.63 Å². The van der Waals surface area contributed by atoms with E-state index in [2.05, 4.69) is 5.48 Å². The Morgan fingerprint density at radius 1 is 1.50 bits per heavy atom. The third kappa shape index (κ3) is 5.19. The lowest BCUT2D eigenvalue weighted by atomic mass is 10.0. The Morgan fingerprint density at radius 3 is 2.29 bits per heavy atom. The van der Waals surface area contributed by atoms with Crippen LogP contribution in [0.5, 0.6) is 0 Å². The number of aliphatic carboxylic acids is 1. The fourth-order valence-electron chi connectivity index (χ4n) is 0.886. The smallest absolute Gasteiger partial charge is 0.323 e. The van der Waals surface area contributed by atoms with Gasteiger partial charge in [-0.15, -0.1) is 0 Å². The van der Waals surface area contributed by atoms with Gasteiger partial charge in [-0.3, -0.25) is 9.63 Å². The third-order valence-electron chi connectivity index (χ3n) is 1.97. The van der Waals surface area contributed by atoms with Crippen LogP contribution in [0.4, 0.5) is 0 Å². The lowest BCUT2D eigenvalue weighted by molar-refractivity contribution is -0.153. The molecule has 0 aromatic carbocycles. The molecule has 0 amide bonds. The Kier molecular flexibility index (Phi) is 5.08. The van der Waals surface area contributed by atoms with Crippen molar-refractivity contribution in [3.63, 3.8) is 0 Å². The summed E-state index contributed by atoms with van der Waals surface area (Å²) in [6.45, 7) is 9.46. The van der Waals surface area contributed by atoms with E-state index in [4.69, 9.17) is 9.94 Å². The highest BCUT2D eigenvalue weighted by molar-refractivity contribution is 5.73. The van der Waals surface area contributed by atoms with Crippen LogP contribution in [0, 0.1) is 5.92 Å². The SMILES string of the molecule is CCC(C)[C@H](NOC(C)(C)C)C(=O)O. The number of carboxylic acids is 1. The predicted octanol–water partition coefficient (Wildman–Crippen LogP) is 1.81. The molecule has 14 heavy (non-hydrogen) atoms. The molecule has 0 bridgehead atoms.